The number of nitrogens with zero attached hydrogens (tertiary/aromatic N) is 3. The summed E-state index contributed by atoms with van der Waals surface area (Å²) in [5, 5.41) is 15.2. The zero-order valence-electron chi connectivity index (χ0n) is 14.1. The van der Waals surface area contributed by atoms with Gasteiger partial charge in [0.15, 0.2) is 5.75 Å². The van der Waals surface area contributed by atoms with E-state index in [4.69, 9.17) is 9.47 Å². The van der Waals surface area contributed by atoms with Crippen LogP contribution in [-0.2, 0) is 11.3 Å². The molecule has 0 aliphatic heterocycles. The molecule has 0 amide bonds. The fourth-order valence-electron chi connectivity index (χ4n) is 2.28. The summed E-state index contributed by atoms with van der Waals surface area (Å²) in [5.41, 5.74) is 0.0231. The number of aromatic nitrogens is 2. The molecule has 21 heavy (non-hydrogen) atoms. The molecule has 2 unspecified atom stereocenters. The second-order valence-corrected chi connectivity index (χ2v) is 5.63. The van der Waals surface area contributed by atoms with E-state index in [-0.39, 0.29) is 0 Å². The fourth-order valence-corrected chi connectivity index (χ4v) is 2.28. The van der Waals surface area contributed by atoms with E-state index in [1.807, 2.05) is 34.9 Å². The van der Waals surface area contributed by atoms with Gasteiger partial charge in [0.2, 0.25) is 0 Å². The summed E-state index contributed by atoms with van der Waals surface area (Å²) >= 11 is 0. The van der Waals surface area contributed by atoms with E-state index in [0.29, 0.717) is 31.0 Å². The van der Waals surface area contributed by atoms with Gasteiger partial charge in [0.25, 0.3) is 0 Å². The molecule has 0 spiro atoms. The SMILES string of the molecule is CCOC(C)(CC)C(O)c1c(OC)cnn1CCN(C)C. The maximum absolute atomic E-state index is 10.8. The molecule has 0 bridgehead atoms. The Bertz CT molecular complexity index is 434. The van der Waals surface area contributed by atoms with Crippen molar-refractivity contribution in [3.63, 3.8) is 0 Å². The van der Waals surface area contributed by atoms with Crippen LogP contribution in [0.2, 0.25) is 0 Å². The molecule has 1 heterocycles. The molecule has 0 aromatic carbocycles. The molecule has 2 atom stereocenters. The van der Waals surface area contributed by atoms with Gasteiger partial charge in [-0.15, -0.1) is 0 Å². The lowest BCUT2D eigenvalue weighted by Crippen LogP contribution is -2.37. The van der Waals surface area contributed by atoms with Crippen molar-refractivity contribution in [2.75, 3.05) is 34.4 Å². The summed E-state index contributed by atoms with van der Waals surface area (Å²) in [5.74, 6) is 0.598. The summed E-state index contributed by atoms with van der Waals surface area (Å²) in [4.78, 5) is 2.08. The molecule has 0 fully saturated rings. The minimum absolute atomic E-state index is 0.551. The van der Waals surface area contributed by atoms with Crippen molar-refractivity contribution in [2.45, 2.75) is 45.4 Å². The minimum atomic E-state index is -0.790. The van der Waals surface area contributed by atoms with Crippen LogP contribution in [0.25, 0.3) is 0 Å². The third-order valence-corrected chi connectivity index (χ3v) is 3.84. The van der Waals surface area contributed by atoms with Crippen molar-refractivity contribution in [1.29, 1.82) is 0 Å². The molecule has 1 N–H and O–H groups in total. The first-order valence-corrected chi connectivity index (χ1v) is 7.46. The summed E-state index contributed by atoms with van der Waals surface area (Å²) < 4.78 is 12.9. The zero-order chi connectivity index (χ0) is 16.0. The van der Waals surface area contributed by atoms with Crippen LogP contribution in [0, 0.1) is 0 Å². The molecule has 1 rings (SSSR count). The van der Waals surface area contributed by atoms with Gasteiger partial charge in [-0.2, -0.15) is 5.10 Å². The second kappa shape index (κ2) is 7.77. The Hall–Kier alpha value is -1.11. The molecular weight excluding hydrogens is 270 g/mol. The monoisotopic (exact) mass is 299 g/mol. The van der Waals surface area contributed by atoms with Crippen molar-refractivity contribution < 1.29 is 14.6 Å². The van der Waals surface area contributed by atoms with E-state index in [2.05, 4.69) is 10.00 Å². The van der Waals surface area contributed by atoms with E-state index < -0.39 is 11.7 Å². The Balaban J connectivity index is 3.10. The Morgan fingerprint density at radius 2 is 2.10 bits per heavy atom. The average Bonchev–Trinajstić information content (AvgIpc) is 2.87. The highest BCUT2D eigenvalue weighted by atomic mass is 16.5. The first kappa shape index (κ1) is 17.9. The van der Waals surface area contributed by atoms with E-state index in [1.54, 1.807) is 18.0 Å². The smallest absolute Gasteiger partial charge is 0.162 e. The van der Waals surface area contributed by atoms with E-state index in [1.165, 1.54) is 0 Å². The average molecular weight is 299 g/mol. The lowest BCUT2D eigenvalue weighted by molar-refractivity contribution is -0.116. The highest BCUT2D eigenvalue weighted by molar-refractivity contribution is 5.29. The van der Waals surface area contributed by atoms with Gasteiger partial charge in [-0.05, 0) is 34.4 Å². The molecule has 0 saturated carbocycles. The van der Waals surface area contributed by atoms with Gasteiger partial charge in [0.1, 0.15) is 11.8 Å². The van der Waals surface area contributed by atoms with Crippen LogP contribution in [0.1, 0.15) is 39.0 Å². The molecule has 122 valence electrons. The van der Waals surface area contributed by atoms with Crippen molar-refractivity contribution in [3.8, 4) is 5.75 Å². The van der Waals surface area contributed by atoms with Crippen molar-refractivity contribution in [1.82, 2.24) is 14.7 Å². The topological polar surface area (TPSA) is 59.8 Å². The van der Waals surface area contributed by atoms with E-state index in [0.717, 1.165) is 6.54 Å². The van der Waals surface area contributed by atoms with Crippen LogP contribution in [0.3, 0.4) is 0 Å². The first-order chi connectivity index (χ1) is 9.89. The summed E-state index contributed by atoms with van der Waals surface area (Å²) in [6.07, 6.45) is 1.56. The number of rotatable bonds is 9. The standard InChI is InChI=1S/C15H29N3O3/c1-7-15(3,21-8-2)14(19)13-12(20-6)11-16-18(13)10-9-17(4)5/h11,14,19H,7-10H2,1-6H3. The van der Waals surface area contributed by atoms with E-state index in [9.17, 15) is 5.11 Å². The Kier molecular flexibility index (Phi) is 6.64. The van der Waals surface area contributed by atoms with Crippen LogP contribution in [0.15, 0.2) is 6.20 Å². The van der Waals surface area contributed by atoms with Gasteiger partial charge in [-0.1, -0.05) is 6.92 Å². The lowest BCUT2D eigenvalue weighted by atomic mass is 9.92. The Morgan fingerprint density at radius 3 is 2.57 bits per heavy atom. The van der Waals surface area contributed by atoms with Gasteiger partial charge in [-0.25, -0.2) is 0 Å². The van der Waals surface area contributed by atoms with Crippen molar-refractivity contribution in [3.05, 3.63) is 11.9 Å². The Morgan fingerprint density at radius 1 is 1.43 bits per heavy atom. The largest absolute Gasteiger partial charge is 0.493 e. The predicted molar refractivity (Wildman–Crippen MR) is 82.6 cm³/mol. The zero-order valence-corrected chi connectivity index (χ0v) is 14.1. The number of aliphatic hydroxyl groups excluding tert-OH is 1. The quantitative estimate of drug-likeness (QED) is 0.752. The van der Waals surface area contributed by atoms with Gasteiger partial charge in [-0.3, -0.25) is 4.68 Å². The number of hydrogen-bond acceptors (Lipinski definition) is 5. The highest BCUT2D eigenvalue weighted by Crippen LogP contribution is 2.36. The fraction of sp³-hybridized carbons (Fsp3) is 0.800. The second-order valence-electron chi connectivity index (χ2n) is 5.63. The third-order valence-electron chi connectivity index (χ3n) is 3.84. The number of ether oxygens (including phenoxy) is 2. The van der Waals surface area contributed by atoms with Crippen LogP contribution in [0.5, 0.6) is 5.75 Å². The van der Waals surface area contributed by atoms with E-state index >= 15 is 0 Å². The number of likely N-dealkylation sites (N-methyl/N-ethyl adjacent to an activating group) is 1. The van der Waals surface area contributed by atoms with Gasteiger partial charge in [0, 0.05) is 13.2 Å². The molecule has 0 radical (unpaired) electrons. The van der Waals surface area contributed by atoms with Crippen molar-refractivity contribution >= 4 is 0 Å². The van der Waals surface area contributed by atoms with Gasteiger partial charge >= 0.3 is 0 Å². The summed E-state index contributed by atoms with van der Waals surface area (Å²) in [6.45, 7) is 7.93. The lowest BCUT2D eigenvalue weighted by Gasteiger charge is -2.34. The maximum Gasteiger partial charge on any atom is 0.162 e. The number of aliphatic hydroxyl groups is 1. The predicted octanol–water partition coefficient (Wildman–Crippen LogP) is 1.69. The van der Waals surface area contributed by atoms with Crippen LogP contribution in [0.4, 0.5) is 0 Å². The molecule has 0 saturated heterocycles. The maximum atomic E-state index is 10.8. The highest BCUT2D eigenvalue weighted by Gasteiger charge is 2.37. The van der Waals surface area contributed by atoms with Crippen molar-refractivity contribution in [2.24, 2.45) is 0 Å². The first-order valence-electron chi connectivity index (χ1n) is 7.46. The number of methoxy groups -OCH3 is 1. The molecule has 0 aliphatic carbocycles. The summed E-state index contributed by atoms with van der Waals surface area (Å²) in [6, 6.07) is 0. The summed E-state index contributed by atoms with van der Waals surface area (Å²) in [7, 11) is 5.61. The van der Waals surface area contributed by atoms with Crippen LogP contribution < -0.4 is 4.74 Å². The minimum Gasteiger partial charge on any atom is -0.493 e. The van der Waals surface area contributed by atoms with Crippen LogP contribution >= 0.6 is 0 Å². The van der Waals surface area contributed by atoms with Gasteiger partial charge < -0.3 is 19.5 Å². The third kappa shape index (κ3) is 4.18. The molecule has 1 aromatic heterocycles. The normalized spacial score (nSPS) is 16.0. The molecule has 6 nitrogen and oxygen atoms in total. The molecule has 6 heteroatoms. The van der Waals surface area contributed by atoms with Gasteiger partial charge in [0.05, 0.1) is 25.5 Å². The molecular formula is C15H29N3O3. The van der Waals surface area contributed by atoms with Crippen LogP contribution in [-0.4, -0.2) is 59.7 Å². The number of hydrogen-bond donors (Lipinski definition) is 1. The molecule has 0 aliphatic rings. The Labute approximate surface area is 127 Å². The molecule has 1 aromatic rings.